The molecule has 1 N–H and O–H groups in total. The molecule has 1 saturated heterocycles. The van der Waals surface area contributed by atoms with Crippen LogP contribution in [0.1, 0.15) is 12.5 Å². The second-order valence-corrected chi connectivity index (χ2v) is 11.8. The minimum absolute atomic E-state index is 0.0178. The molecule has 0 saturated carbocycles. The average Bonchev–Trinajstić information content (AvgIpc) is 2.73. The number of nitrogens with zero attached hydrogens (tertiary/aromatic N) is 1. The maximum absolute atomic E-state index is 14.0. The van der Waals surface area contributed by atoms with Gasteiger partial charge >= 0.3 is 13.7 Å². The Morgan fingerprint density at radius 3 is 2.42 bits per heavy atom. The molecule has 1 fully saturated rings. The van der Waals surface area contributed by atoms with E-state index in [0.29, 0.717) is 19.3 Å². The fraction of sp³-hybridized carbons (Fsp3) is 0.368. The van der Waals surface area contributed by atoms with E-state index in [1.807, 2.05) is 0 Å². The van der Waals surface area contributed by atoms with Crippen molar-refractivity contribution in [3.05, 3.63) is 52.0 Å². The molecule has 1 unspecified atom stereocenters. The Kier molecular flexibility index (Phi) is 8.05. The number of hydrogen-bond acceptors (Lipinski definition) is 5. The Morgan fingerprint density at radius 2 is 1.82 bits per heavy atom. The van der Waals surface area contributed by atoms with Crippen LogP contribution in [0, 0.1) is 0 Å². The molecular weight excluding hydrogens is 527 g/mol. The molecule has 182 valence electrons. The van der Waals surface area contributed by atoms with Crippen molar-refractivity contribution in [1.82, 2.24) is 4.67 Å². The number of alkyl halides is 3. The van der Waals surface area contributed by atoms with Gasteiger partial charge in [-0.25, -0.2) is 13.1 Å². The highest BCUT2D eigenvalue weighted by Gasteiger charge is 2.38. The molecule has 0 aliphatic carbocycles. The number of hydrogen-bond donors (Lipinski definition) is 1. The van der Waals surface area contributed by atoms with Crippen molar-refractivity contribution < 1.29 is 35.4 Å². The second kappa shape index (κ2) is 10.1. The van der Waals surface area contributed by atoms with Crippen LogP contribution in [0.15, 0.2) is 41.3 Å². The van der Waals surface area contributed by atoms with Crippen molar-refractivity contribution in [2.24, 2.45) is 0 Å². The minimum atomic E-state index is -4.86. The summed E-state index contributed by atoms with van der Waals surface area (Å²) in [6, 6.07) is 6.23. The number of anilines is 1. The number of rotatable bonds is 7. The third-order valence-corrected chi connectivity index (χ3v) is 9.40. The molecule has 14 heteroatoms. The van der Waals surface area contributed by atoms with Gasteiger partial charge in [0.1, 0.15) is 0 Å². The van der Waals surface area contributed by atoms with Crippen molar-refractivity contribution in [3.8, 4) is 0 Å². The van der Waals surface area contributed by atoms with Crippen LogP contribution in [-0.4, -0.2) is 46.0 Å². The highest BCUT2D eigenvalue weighted by molar-refractivity contribution is 7.92. The third kappa shape index (κ3) is 5.85. The van der Waals surface area contributed by atoms with Crippen LogP contribution < -0.4 is 10.0 Å². The lowest BCUT2D eigenvalue weighted by Crippen LogP contribution is -2.38. The zero-order valence-electron chi connectivity index (χ0n) is 17.2. The van der Waals surface area contributed by atoms with Crippen molar-refractivity contribution in [1.29, 1.82) is 0 Å². The molecule has 33 heavy (non-hydrogen) atoms. The summed E-state index contributed by atoms with van der Waals surface area (Å²) < 4.78 is 94.3. The maximum Gasteiger partial charge on any atom is 0.417 e. The van der Waals surface area contributed by atoms with Gasteiger partial charge in [0.25, 0.3) is 10.0 Å². The quantitative estimate of drug-likeness (QED) is 0.492. The predicted octanol–water partition coefficient (Wildman–Crippen LogP) is 5.00. The van der Waals surface area contributed by atoms with Crippen LogP contribution in [-0.2, 0) is 30.0 Å². The molecule has 1 aliphatic heterocycles. The summed E-state index contributed by atoms with van der Waals surface area (Å²) in [5.74, 6) is 0. The normalized spacial score (nSPS) is 17.5. The van der Waals surface area contributed by atoms with E-state index in [4.69, 9.17) is 32.5 Å². The lowest BCUT2D eigenvalue weighted by molar-refractivity contribution is -0.137. The van der Waals surface area contributed by atoms with Crippen LogP contribution in [0.5, 0.6) is 0 Å². The number of halogens is 5. The number of sulfonamides is 1. The van der Waals surface area contributed by atoms with Crippen LogP contribution >= 0.6 is 30.7 Å². The Balaban J connectivity index is 2.07. The molecular formula is C19H20Cl2F3N2O5PS. The van der Waals surface area contributed by atoms with E-state index >= 15 is 0 Å². The van der Waals surface area contributed by atoms with Crippen LogP contribution in [0.25, 0.3) is 0 Å². The highest BCUT2D eigenvalue weighted by atomic mass is 35.5. The van der Waals surface area contributed by atoms with Crippen molar-refractivity contribution >= 4 is 51.7 Å². The standard InChI is InChI=1S/C19H20Cl2F3N2O5PS/c1-2-31-32(27,26-7-9-30-10-8-26)18-6-3-13(20)11-17(18)25-33(28,29)14-4-5-16(21)15(12-14)19(22,23)24/h3-6,11-12,25H,2,7-10H2,1H3. The first-order chi connectivity index (χ1) is 15.4. The fourth-order valence-corrected chi connectivity index (χ4v) is 7.13. The van der Waals surface area contributed by atoms with Gasteiger partial charge in [0.2, 0.25) is 0 Å². The number of nitrogens with one attached hydrogen (secondary N) is 1. The Labute approximate surface area is 199 Å². The minimum Gasteiger partial charge on any atom is -0.379 e. The first-order valence-corrected chi connectivity index (χ1v) is 13.5. The zero-order valence-corrected chi connectivity index (χ0v) is 20.5. The molecule has 0 bridgehead atoms. The average molecular weight is 547 g/mol. The summed E-state index contributed by atoms with van der Waals surface area (Å²) in [6.45, 7) is 2.86. The summed E-state index contributed by atoms with van der Waals surface area (Å²) in [5.41, 5.74) is -1.47. The Bertz CT molecular complexity index is 1170. The largest absolute Gasteiger partial charge is 0.417 e. The fourth-order valence-electron chi connectivity index (χ4n) is 3.22. The van der Waals surface area contributed by atoms with Crippen LogP contribution in [0.2, 0.25) is 10.0 Å². The third-order valence-electron chi connectivity index (χ3n) is 4.72. The van der Waals surface area contributed by atoms with Gasteiger partial charge in [-0.1, -0.05) is 23.2 Å². The van der Waals surface area contributed by atoms with E-state index in [2.05, 4.69) is 4.72 Å². The number of ether oxygens (including phenoxy) is 1. The zero-order chi connectivity index (χ0) is 24.4. The molecule has 1 heterocycles. The molecule has 0 aromatic heterocycles. The monoisotopic (exact) mass is 546 g/mol. The number of benzene rings is 2. The second-order valence-electron chi connectivity index (χ2n) is 6.91. The Morgan fingerprint density at radius 1 is 1.15 bits per heavy atom. The smallest absolute Gasteiger partial charge is 0.379 e. The van der Waals surface area contributed by atoms with Crippen molar-refractivity contribution in [3.63, 3.8) is 0 Å². The van der Waals surface area contributed by atoms with Gasteiger partial charge < -0.3 is 9.26 Å². The molecule has 2 aromatic rings. The van der Waals surface area contributed by atoms with Gasteiger partial charge in [0.15, 0.2) is 0 Å². The lowest BCUT2D eigenvalue weighted by atomic mass is 10.2. The first kappa shape index (κ1) is 26.3. The molecule has 3 rings (SSSR count). The summed E-state index contributed by atoms with van der Waals surface area (Å²) >= 11 is 11.6. The molecule has 1 aliphatic rings. The highest BCUT2D eigenvalue weighted by Crippen LogP contribution is 2.52. The van der Waals surface area contributed by atoms with E-state index in [1.165, 1.54) is 18.2 Å². The van der Waals surface area contributed by atoms with Gasteiger partial charge in [-0.3, -0.25) is 9.29 Å². The summed E-state index contributed by atoms with van der Waals surface area (Å²) in [6.07, 6.45) is -4.86. The van der Waals surface area contributed by atoms with Gasteiger partial charge in [-0.2, -0.15) is 13.2 Å². The van der Waals surface area contributed by atoms with Gasteiger partial charge in [0, 0.05) is 18.1 Å². The SMILES string of the molecule is CCOP(=O)(c1ccc(Cl)cc1NS(=O)(=O)c1ccc(Cl)c(C(F)(F)F)c1)N1CCOCC1. The summed E-state index contributed by atoms with van der Waals surface area (Å²) in [4.78, 5) is -0.678. The topological polar surface area (TPSA) is 84.9 Å². The van der Waals surface area contributed by atoms with Crippen molar-refractivity contribution in [2.45, 2.75) is 18.0 Å². The molecule has 7 nitrogen and oxygen atoms in total. The Hall–Kier alpha value is -1.33. The molecule has 0 radical (unpaired) electrons. The predicted molar refractivity (Wildman–Crippen MR) is 120 cm³/mol. The maximum atomic E-state index is 14.0. The number of morpholine rings is 1. The van der Waals surface area contributed by atoms with E-state index in [0.717, 1.165) is 12.1 Å². The molecule has 1 atom stereocenters. The van der Waals surface area contributed by atoms with E-state index < -0.39 is 39.2 Å². The van der Waals surface area contributed by atoms with E-state index in [9.17, 15) is 26.2 Å². The van der Waals surface area contributed by atoms with E-state index in [1.54, 1.807) is 11.6 Å². The van der Waals surface area contributed by atoms with Gasteiger partial charge in [-0.15, -0.1) is 0 Å². The summed E-state index contributed by atoms with van der Waals surface area (Å²) in [7, 11) is -8.30. The molecule has 2 aromatic carbocycles. The van der Waals surface area contributed by atoms with Crippen LogP contribution in [0.3, 0.4) is 0 Å². The lowest BCUT2D eigenvalue weighted by Gasteiger charge is -2.34. The first-order valence-electron chi connectivity index (χ1n) is 9.66. The van der Waals surface area contributed by atoms with Crippen LogP contribution in [0.4, 0.5) is 18.9 Å². The van der Waals surface area contributed by atoms with Gasteiger partial charge in [0.05, 0.1) is 46.3 Å². The van der Waals surface area contributed by atoms with Crippen molar-refractivity contribution in [2.75, 3.05) is 37.6 Å². The van der Waals surface area contributed by atoms with Gasteiger partial charge in [-0.05, 0) is 43.3 Å². The molecule has 0 amide bonds. The van der Waals surface area contributed by atoms with E-state index in [-0.39, 0.29) is 35.7 Å². The molecule has 0 spiro atoms. The summed E-state index contributed by atoms with van der Waals surface area (Å²) in [5, 5.41) is -0.504.